The van der Waals surface area contributed by atoms with Gasteiger partial charge in [-0.25, -0.2) is 4.79 Å². The zero-order valence-electron chi connectivity index (χ0n) is 14.0. The topological polar surface area (TPSA) is 103 Å². The van der Waals surface area contributed by atoms with E-state index in [4.69, 9.17) is 14.2 Å². The molecule has 0 aliphatic carbocycles. The van der Waals surface area contributed by atoms with Crippen molar-refractivity contribution >= 4 is 17.8 Å². The molecule has 0 bridgehead atoms. The van der Waals surface area contributed by atoms with E-state index in [0.717, 1.165) is 6.42 Å². The normalized spacial score (nSPS) is 9.79. The van der Waals surface area contributed by atoms with Crippen LogP contribution in [-0.2, 0) is 14.3 Å². The predicted octanol–water partition coefficient (Wildman–Crippen LogP) is 1.20. The molecule has 2 N–H and O–H groups in total. The van der Waals surface area contributed by atoms with Gasteiger partial charge in [-0.1, -0.05) is 6.92 Å². The summed E-state index contributed by atoms with van der Waals surface area (Å²) in [6, 6.07) is 4.65. The van der Waals surface area contributed by atoms with Gasteiger partial charge in [0.1, 0.15) is 0 Å². The molecule has 0 fully saturated rings. The molecule has 0 heterocycles. The maximum atomic E-state index is 12.0. The fourth-order valence-corrected chi connectivity index (χ4v) is 1.64. The monoisotopic (exact) mass is 338 g/mol. The van der Waals surface area contributed by atoms with E-state index in [-0.39, 0.29) is 5.56 Å². The summed E-state index contributed by atoms with van der Waals surface area (Å²) in [5.74, 6) is -0.789. The summed E-state index contributed by atoms with van der Waals surface area (Å²) in [6.07, 6.45) is 0.846. The summed E-state index contributed by atoms with van der Waals surface area (Å²) in [7, 11) is 0. The van der Waals surface area contributed by atoms with Crippen LogP contribution in [0.25, 0.3) is 0 Å². The zero-order valence-corrected chi connectivity index (χ0v) is 14.0. The van der Waals surface area contributed by atoms with Crippen LogP contribution in [0.1, 0.15) is 37.6 Å². The number of rotatable bonds is 8. The van der Waals surface area contributed by atoms with E-state index in [1.165, 1.54) is 19.1 Å². The lowest BCUT2D eigenvalue weighted by Crippen LogP contribution is -2.42. The van der Waals surface area contributed by atoms with Crippen molar-refractivity contribution in [3.8, 4) is 11.5 Å². The molecule has 1 rings (SSSR count). The van der Waals surface area contributed by atoms with Crippen LogP contribution >= 0.6 is 0 Å². The maximum absolute atomic E-state index is 12.0. The zero-order chi connectivity index (χ0) is 17.9. The fraction of sp³-hybridized carbons (Fsp3) is 0.438. The van der Waals surface area contributed by atoms with Gasteiger partial charge >= 0.3 is 5.97 Å². The fourth-order valence-electron chi connectivity index (χ4n) is 1.64. The van der Waals surface area contributed by atoms with Crippen molar-refractivity contribution in [1.29, 1.82) is 0 Å². The Morgan fingerprint density at radius 3 is 2.42 bits per heavy atom. The average molecular weight is 338 g/mol. The van der Waals surface area contributed by atoms with Gasteiger partial charge in [0.25, 0.3) is 5.91 Å². The summed E-state index contributed by atoms with van der Waals surface area (Å²) < 4.78 is 15.9. The van der Waals surface area contributed by atoms with E-state index in [9.17, 15) is 14.4 Å². The van der Waals surface area contributed by atoms with Crippen molar-refractivity contribution in [3.05, 3.63) is 23.8 Å². The molecule has 0 aliphatic heterocycles. The van der Waals surface area contributed by atoms with Crippen LogP contribution in [0.3, 0.4) is 0 Å². The van der Waals surface area contributed by atoms with Gasteiger partial charge in [-0.05, 0) is 31.5 Å². The number of carbonyl (C=O) groups is 3. The lowest BCUT2D eigenvalue weighted by molar-refractivity contribution is -0.129. The standard InChI is InChI=1S/C16H22N2O6/c1-4-8-23-13-7-6-12(9-14(13)22-5-2)16(21)24-10-15(20)18-17-11(3)19/h6-7,9H,4-5,8,10H2,1-3H3,(H,17,19)(H,18,20). The van der Waals surface area contributed by atoms with Crippen molar-refractivity contribution in [2.24, 2.45) is 0 Å². The van der Waals surface area contributed by atoms with Crippen molar-refractivity contribution in [2.45, 2.75) is 27.2 Å². The minimum absolute atomic E-state index is 0.231. The Kier molecular flexibility index (Phi) is 8.10. The molecular weight excluding hydrogens is 316 g/mol. The molecule has 0 saturated heterocycles. The van der Waals surface area contributed by atoms with E-state index in [0.29, 0.717) is 24.7 Å². The summed E-state index contributed by atoms with van der Waals surface area (Å²) in [5.41, 5.74) is 4.42. The maximum Gasteiger partial charge on any atom is 0.338 e. The molecule has 0 aliphatic rings. The van der Waals surface area contributed by atoms with Crippen LogP contribution in [0.4, 0.5) is 0 Å². The average Bonchev–Trinajstić information content (AvgIpc) is 2.56. The number of esters is 1. The molecule has 1 aromatic carbocycles. The molecule has 24 heavy (non-hydrogen) atoms. The first-order valence-electron chi connectivity index (χ1n) is 7.60. The van der Waals surface area contributed by atoms with E-state index < -0.39 is 24.4 Å². The third kappa shape index (κ3) is 6.55. The number of nitrogens with one attached hydrogen (secondary N) is 2. The van der Waals surface area contributed by atoms with Crippen LogP contribution in [0.5, 0.6) is 11.5 Å². The minimum atomic E-state index is -0.684. The largest absolute Gasteiger partial charge is 0.490 e. The Morgan fingerprint density at radius 1 is 1.04 bits per heavy atom. The molecule has 0 radical (unpaired) electrons. The Labute approximate surface area is 140 Å². The third-order valence-corrected chi connectivity index (χ3v) is 2.65. The van der Waals surface area contributed by atoms with Gasteiger partial charge < -0.3 is 14.2 Å². The summed E-state index contributed by atoms with van der Waals surface area (Å²) in [5, 5.41) is 0. The molecule has 0 saturated carbocycles. The summed E-state index contributed by atoms with van der Waals surface area (Å²) in [6.45, 7) is 5.48. The SMILES string of the molecule is CCCOc1ccc(C(=O)OCC(=O)NNC(C)=O)cc1OCC. The highest BCUT2D eigenvalue weighted by atomic mass is 16.5. The first-order chi connectivity index (χ1) is 11.5. The van der Waals surface area contributed by atoms with E-state index in [1.807, 2.05) is 13.8 Å². The molecule has 8 nitrogen and oxygen atoms in total. The van der Waals surface area contributed by atoms with Crippen LogP contribution < -0.4 is 20.3 Å². The van der Waals surface area contributed by atoms with Gasteiger partial charge in [-0.2, -0.15) is 0 Å². The molecule has 132 valence electrons. The molecule has 0 spiro atoms. The molecule has 0 aromatic heterocycles. The number of amides is 2. The van der Waals surface area contributed by atoms with Gasteiger partial charge in [0.05, 0.1) is 18.8 Å². The van der Waals surface area contributed by atoms with Gasteiger partial charge in [0, 0.05) is 6.92 Å². The quantitative estimate of drug-likeness (QED) is 0.545. The van der Waals surface area contributed by atoms with Gasteiger partial charge in [-0.15, -0.1) is 0 Å². The van der Waals surface area contributed by atoms with Crippen LogP contribution in [0.2, 0.25) is 0 Å². The lowest BCUT2D eigenvalue weighted by atomic mass is 10.2. The van der Waals surface area contributed by atoms with Crippen molar-refractivity contribution in [2.75, 3.05) is 19.8 Å². The number of hydrazine groups is 1. The molecule has 8 heteroatoms. The van der Waals surface area contributed by atoms with E-state index in [1.54, 1.807) is 6.07 Å². The molecule has 0 atom stereocenters. The number of hydrogen-bond donors (Lipinski definition) is 2. The highest BCUT2D eigenvalue weighted by Gasteiger charge is 2.14. The summed E-state index contributed by atoms with van der Waals surface area (Å²) in [4.78, 5) is 34.0. The Morgan fingerprint density at radius 2 is 1.79 bits per heavy atom. The van der Waals surface area contributed by atoms with Crippen molar-refractivity contribution in [3.63, 3.8) is 0 Å². The van der Waals surface area contributed by atoms with E-state index in [2.05, 4.69) is 10.9 Å². The first kappa shape index (κ1) is 19.3. The number of hydrogen-bond acceptors (Lipinski definition) is 6. The minimum Gasteiger partial charge on any atom is -0.490 e. The van der Waals surface area contributed by atoms with Gasteiger partial charge in [-0.3, -0.25) is 20.4 Å². The summed E-state index contributed by atoms with van der Waals surface area (Å²) >= 11 is 0. The smallest absolute Gasteiger partial charge is 0.338 e. The molecule has 2 amide bonds. The Hall–Kier alpha value is -2.77. The van der Waals surface area contributed by atoms with Crippen LogP contribution in [0, 0.1) is 0 Å². The highest BCUT2D eigenvalue weighted by Crippen LogP contribution is 2.29. The Balaban J connectivity index is 2.67. The second-order valence-electron chi connectivity index (χ2n) is 4.75. The molecular formula is C16H22N2O6. The second kappa shape index (κ2) is 10.1. The molecule has 0 unspecified atom stereocenters. The first-order valence-corrected chi connectivity index (χ1v) is 7.60. The Bertz CT molecular complexity index is 588. The second-order valence-corrected chi connectivity index (χ2v) is 4.75. The van der Waals surface area contributed by atoms with Crippen LogP contribution in [-0.4, -0.2) is 37.6 Å². The highest BCUT2D eigenvalue weighted by molar-refractivity contribution is 5.92. The molecule has 1 aromatic rings. The number of ether oxygens (including phenoxy) is 3. The van der Waals surface area contributed by atoms with E-state index >= 15 is 0 Å². The van der Waals surface area contributed by atoms with Crippen LogP contribution in [0.15, 0.2) is 18.2 Å². The van der Waals surface area contributed by atoms with Crippen molar-refractivity contribution in [1.82, 2.24) is 10.9 Å². The van der Waals surface area contributed by atoms with Crippen molar-refractivity contribution < 1.29 is 28.6 Å². The third-order valence-electron chi connectivity index (χ3n) is 2.65. The number of benzene rings is 1. The predicted molar refractivity (Wildman–Crippen MR) is 85.6 cm³/mol. The lowest BCUT2D eigenvalue weighted by Gasteiger charge is -2.13. The van der Waals surface area contributed by atoms with Gasteiger partial charge in [0.2, 0.25) is 5.91 Å². The van der Waals surface area contributed by atoms with Gasteiger partial charge in [0.15, 0.2) is 18.1 Å². The number of carbonyl (C=O) groups excluding carboxylic acids is 3.